The van der Waals surface area contributed by atoms with Crippen molar-refractivity contribution in [2.24, 2.45) is 13.0 Å². The van der Waals surface area contributed by atoms with Gasteiger partial charge in [-0.05, 0) is 39.0 Å². The van der Waals surface area contributed by atoms with Gasteiger partial charge in [0.2, 0.25) is 5.91 Å². The van der Waals surface area contributed by atoms with E-state index in [1.807, 2.05) is 45.7 Å². The zero-order valence-electron chi connectivity index (χ0n) is 13.8. The molecule has 0 aliphatic carbocycles. The van der Waals surface area contributed by atoms with Gasteiger partial charge in [-0.1, -0.05) is 6.92 Å². The molecule has 21 heavy (non-hydrogen) atoms. The Morgan fingerprint density at radius 3 is 2.48 bits per heavy atom. The molecular weight excluding hydrogens is 286 g/mol. The van der Waals surface area contributed by atoms with E-state index in [1.54, 1.807) is 11.8 Å². The number of aryl methyl sites for hydroxylation is 2. The van der Waals surface area contributed by atoms with Crippen molar-refractivity contribution in [1.29, 1.82) is 0 Å². The number of aliphatic hydroxyl groups is 1. The van der Waals surface area contributed by atoms with Gasteiger partial charge in [0.15, 0.2) is 0 Å². The van der Waals surface area contributed by atoms with Crippen LogP contribution >= 0.6 is 11.8 Å². The summed E-state index contributed by atoms with van der Waals surface area (Å²) < 4.78 is 1.85. The highest BCUT2D eigenvalue weighted by Crippen LogP contribution is 2.18. The van der Waals surface area contributed by atoms with Crippen LogP contribution in [0.5, 0.6) is 0 Å². The van der Waals surface area contributed by atoms with E-state index in [2.05, 4.69) is 10.4 Å². The van der Waals surface area contributed by atoms with Gasteiger partial charge in [-0.15, -0.1) is 0 Å². The summed E-state index contributed by atoms with van der Waals surface area (Å²) >= 11 is 1.57. The van der Waals surface area contributed by atoms with E-state index in [4.69, 9.17) is 0 Å². The molecule has 0 saturated heterocycles. The van der Waals surface area contributed by atoms with Crippen molar-refractivity contribution in [3.63, 3.8) is 0 Å². The van der Waals surface area contributed by atoms with Crippen molar-refractivity contribution in [2.75, 3.05) is 12.9 Å². The molecule has 0 radical (unpaired) electrons. The van der Waals surface area contributed by atoms with Gasteiger partial charge in [-0.2, -0.15) is 16.9 Å². The van der Waals surface area contributed by atoms with E-state index in [9.17, 15) is 9.90 Å². The van der Waals surface area contributed by atoms with E-state index < -0.39 is 0 Å². The summed E-state index contributed by atoms with van der Waals surface area (Å²) in [5.74, 6) is -0.0899. The lowest BCUT2D eigenvalue weighted by atomic mass is 9.98. The second-order valence-electron chi connectivity index (χ2n) is 5.63. The first kappa shape index (κ1) is 18.0. The predicted octanol–water partition coefficient (Wildman–Crippen LogP) is 1.44. The van der Waals surface area contributed by atoms with Crippen LogP contribution in [0.2, 0.25) is 0 Å². The number of rotatable bonds is 7. The smallest absolute Gasteiger partial charge is 0.223 e. The van der Waals surface area contributed by atoms with E-state index in [-0.39, 0.29) is 29.7 Å². The molecule has 0 aliphatic rings. The Balaban J connectivity index is 2.67. The summed E-state index contributed by atoms with van der Waals surface area (Å²) in [4.78, 5) is 12.3. The molecule has 1 amide bonds. The first-order valence-corrected chi connectivity index (χ1v) is 8.53. The van der Waals surface area contributed by atoms with Gasteiger partial charge >= 0.3 is 0 Å². The number of aliphatic hydroxyl groups excluding tert-OH is 1. The third-order valence-corrected chi connectivity index (χ3v) is 5.19. The first-order chi connectivity index (χ1) is 9.81. The average Bonchev–Trinajstić information content (AvgIpc) is 2.66. The van der Waals surface area contributed by atoms with Crippen LogP contribution in [0.15, 0.2) is 0 Å². The first-order valence-electron chi connectivity index (χ1n) is 7.24. The summed E-state index contributed by atoms with van der Waals surface area (Å²) in [7, 11) is 1.92. The number of amides is 1. The van der Waals surface area contributed by atoms with Crippen LogP contribution in [0.25, 0.3) is 0 Å². The SMILES string of the molecule is CSC(CO)C(C)NC(=O)C(C)Cc1c(C)nn(C)c1C. The fourth-order valence-electron chi connectivity index (χ4n) is 2.41. The summed E-state index contributed by atoms with van der Waals surface area (Å²) in [6.07, 6.45) is 2.63. The molecule has 0 bridgehead atoms. The largest absolute Gasteiger partial charge is 0.395 e. The number of thioether (sulfide) groups is 1. The highest BCUT2D eigenvalue weighted by molar-refractivity contribution is 7.99. The van der Waals surface area contributed by atoms with Crippen LogP contribution in [0.4, 0.5) is 0 Å². The van der Waals surface area contributed by atoms with E-state index in [0.717, 1.165) is 17.0 Å². The van der Waals surface area contributed by atoms with Crippen LogP contribution in [-0.4, -0.2) is 44.9 Å². The van der Waals surface area contributed by atoms with Gasteiger partial charge in [0.05, 0.1) is 12.3 Å². The van der Waals surface area contributed by atoms with Crippen LogP contribution in [0.1, 0.15) is 30.8 Å². The van der Waals surface area contributed by atoms with Crippen molar-refractivity contribution < 1.29 is 9.90 Å². The molecule has 3 atom stereocenters. The van der Waals surface area contributed by atoms with Gasteiger partial charge in [0, 0.05) is 30.0 Å². The normalized spacial score (nSPS) is 15.6. The number of carbonyl (C=O) groups excluding carboxylic acids is 1. The Morgan fingerprint density at radius 1 is 1.43 bits per heavy atom. The van der Waals surface area contributed by atoms with Gasteiger partial charge < -0.3 is 10.4 Å². The second kappa shape index (κ2) is 7.84. The van der Waals surface area contributed by atoms with Gasteiger partial charge in [-0.25, -0.2) is 0 Å². The molecule has 0 aromatic carbocycles. The highest BCUT2D eigenvalue weighted by atomic mass is 32.2. The number of carbonyl (C=O) groups is 1. The molecule has 5 nitrogen and oxygen atoms in total. The lowest BCUT2D eigenvalue weighted by Crippen LogP contribution is -2.43. The van der Waals surface area contributed by atoms with Gasteiger partial charge in [-0.3, -0.25) is 9.48 Å². The molecule has 2 N–H and O–H groups in total. The second-order valence-corrected chi connectivity index (χ2v) is 6.71. The van der Waals surface area contributed by atoms with Gasteiger partial charge in [0.1, 0.15) is 0 Å². The third-order valence-electron chi connectivity index (χ3n) is 4.03. The van der Waals surface area contributed by atoms with Crippen molar-refractivity contribution in [1.82, 2.24) is 15.1 Å². The molecule has 120 valence electrons. The Kier molecular flexibility index (Phi) is 6.74. The monoisotopic (exact) mass is 313 g/mol. The van der Waals surface area contributed by atoms with Crippen molar-refractivity contribution in [3.05, 3.63) is 17.0 Å². The molecule has 3 unspecified atom stereocenters. The Bertz CT molecular complexity index is 484. The third kappa shape index (κ3) is 4.48. The highest BCUT2D eigenvalue weighted by Gasteiger charge is 2.22. The lowest BCUT2D eigenvalue weighted by Gasteiger charge is -2.23. The molecule has 0 spiro atoms. The molecular formula is C15H27N3O2S. The Morgan fingerprint density at radius 2 is 2.05 bits per heavy atom. The summed E-state index contributed by atoms with van der Waals surface area (Å²) in [5, 5.41) is 16.7. The number of hydrogen-bond acceptors (Lipinski definition) is 4. The zero-order valence-corrected chi connectivity index (χ0v) is 14.6. The molecule has 0 fully saturated rings. The van der Waals surface area contributed by atoms with Crippen molar-refractivity contribution in [3.8, 4) is 0 Å². The maximum Gasteiger partial charge on any atom is 0.223 e. The molecule has 1 aromatic heterocycles. The van der Waals surface area contributed by atoms with Crippen LogP contribution in [0, 0.1) is 19.8 Å². The van der Waals surface area contributed by atoms with Crippen LogP contribution in [0.3, 0.4) is 0 Å². The number of nitrogens with zero attached hydrogens (tertiary/aromatic N) is 2. The van der Waals surface area contributed by atoms with Crippen LogP contribution in [-0.2, 0) is 18.3 Å². The lowest BCUT2D eigenvalue weighted by molar-refractivity contribution is -0.125. The fraction of sp³-hybridized carbons (Fsp3) is 0.733. The minimum Gasteiger partial charge on any atom is -0.395 e. The Labute approximate surface area is 131 Å². The quantitative estimate of drug-likeness (QED) is 0.799. The molecule has 1 rings (SSSR count). The molecule has 0 aliphatic heterocycles. The molecule has 0 saturated carbocycles. The maximum absolute atomic E-state index is 12.3. The number of aromatic nitrogens is 2. The molecule has 6 heteroatoms. The standard InChI is InChI=1S/C15H27N3O2S/c1-9(7-13-10(2)17-18(5)12(13)4)15(20)16-11(3)14(8-19)21-6/h9,11,14,19H,7-8H2,1-6H3,(H,16,20). The van der Waals surface area contributed by atoms with E-state index in [1.165, 1.54) is 0 Å². The van der Waals surface area contributed by atoms with Gasteiger partial charge in [0.25, 0.3) is 0 Å². The maximum atomic E-state index is 12.3. The summed E-state index contributed by atoms with van der Waals surface area (Å²) in [6, 6.07) is -0.0453. The summed E-state index contributed by atoms with van der Waals surface area (Å²) in [5.41, 5.74) is 3.24. The average molecular weight is 313 g/mol. The molecule has 1 heterocycles. The number of nitrogens with one attached hydrogen (secondary N) is 1. The fourth-order valence-corrected chi connectivity index (χ4v) is 3.03. The van der Waals surface area contributed by atoms with E-state index in [0.29, 0.717) is 6.42 Å². The van der Waals surface area contributed by atoms with Crippen molar-refractivity contribution in [2.45, 2.75) is 45.4 Å². The zero-order chi connectivity index (χ0) is 16.2. The Hall–Kier alpha value is -1.01. The van der Waals surface area contributed by atoms with E-state index >= 15 is 0 Å². The van der Waals surface area contributed by atoms with Crippen molar-refractivity contribution >= 4 is 17.7 Å². The van der Waals surface area contributed by atoms with Crippen LogP contribution < -0.4 is 5.32 Å². The topological polar surface area (TPSA) is 67.2 Å². The summed E-state index contributed by atoms with van der Waals surface area (Å²) in [6.45, 7) is 7.94. The predicted molar refractivity (Wildman–Crippen MR) is 87.5 cm³/mol. The minimum atomic E-state index is -0.116. The number of hydrogen-bond donors (Lipinski definition) is 2. The molecule has 1 aromatic rings. The minimum absolute atomic E-state index is 0.0256.